The summed E-state index contributed by atoms with van der Waals surface area (Å²) in [6, 6.07) is 3.38. The highest BCUT2D eigenvalue weighted by atomic mass is 19.4. The van der Waals surface area contributed by atoms with Gasteiger partial charge in [0.1, 0.15) is 17.0 Å². The summed E-state index contributed by atoms with van der Waals surface area (Å²) in [5, 5.41) is 7.49. The number of aromatic nitrogens is 5. The lowest BCUT2D eigenvalue weighted by atomic mass is 10.2. The van der Waals surface area contributed by atoms with Crippen molar-refractivity contribution in [3.63, 3.8) is 0 Å². The van der Waals surface area contributed by atoms with Gasteiger partial charge in [0.15, 0.2) is 5.65 Å². The molecule has 0 aliphatic heterocycles. The molecule has 0 saturated heterocycles. The summed E-state index contributed by atoms with van der Waals surface area (Å²) in [5.41, 5.74) is 4.49. The molecule has 0 atom stereocenters. The third-order valence-corrected chi connectivity index (χ3v) is 3.52. The zero-order valence-electron chi connectivity index (χ0n) is 12.2. The second-order valence-corrected chi connectivity index (χ2v) is 5.09. The fourth-order valence-corrected chi connectivity index (χ4v) is 2.44. The van der Waals surface area contributed by atoms with Crippen LogP contribution in [0.15, 0.2) is 35.2 Å². The Morgan fingerprint density at radius 1 is 1.20 bits per heavy atom. The van der Waals surface area contributed by atoms with Gasteiger partial charge in [-0.15, -0.1) is 10.2 Å². The van der Waals surface area contributed by atoms with Gasteiger partial charge in [-0.25, -0.2) is 9.97 Å². The number of rotatable bonds is 2. The SMILES string of the molecule is NC(=O)c1cc2ccc(C(F)(F)F)nc2n2cc(-c3nnco3)nc12. The lowest BCUT2D eigenvalue weighted by Gasteiger charge is -2.09. The molecule has 0 radical (unpaired) electrons. The number of halogens is 3. The molecular weight excluding hydrogens is 341 g/mol. The maximum atomic E-state index is 13.0. The average Bonchev–Trinajstić information content (AvgIpc) is 3.21. The van der Waals surface area contributed by atoms with Crippen LogP contribution >= 0.6 is 0 Å². The zero-order chi connectivity index (χ0) is 17.8. The molecule has 4 rings (SSSR count). The van der Waals surface area contributed by atoms with E-state index in [9.17, 15) is 18.0 Å². The van der Waals surface area contributed by atoms with Crippen LogP contribution in [0.25, 0.3) is 28.3 Å². The van der Waals surface area contributed by atoms with E-state index >= 15 is 0 Å². The van der Waals surface area contributed by atoms with Crippen LogP contribution in [-0.2, 0) is 6.18 Å². The Kier molecular flexibility index (Phi) is 3.01. The molecule has 0 unspecified atom stereocenters. The first kappa shape index (κ1) is 15.1. The Bertz CT molecular complexity index is 1120. The summed E-state index contributed by atoms with van der Waals surface area (Å²) in [6.45, 7) is 0. The molecule has 126 valence electrons. The third kappa shape index (κ3) is 2.36. The van der Waals surface area contributed by atoms with E-state index in [1.165, 1.54) is 22.7 Å². The van der Waals surface area contributed by atoms with E-state index in [4.69, 9.17) is 10.2 Å². The monoisotopic (exact) mass is 348 g/mol. The van der Waals surface area contributed by atoms with Gasteiger partial charge in [0.25, 0.3) is 11.8 Å². The molecule has 4 aromatic rings. The van der Waals surface area contributed by atoms with Gasteiger partial charge in [-0.3, -0.25) is 9.20 Å². The fourth-order valence-electron chi connectivity index (χ4n) is 2.44. The summed E-state index contributed by atoms with van der Waals surface area (Å²) in [6.07, 6.45) is -2.18. The number of fused-ring (bicyclic) bond motifs is 3. The van der Waals surface area contributed by atoms with Gasteiger partial charge < -0.3 is 10.2 Å². The molecule has 0 spiro atoms. The number of amides is 1. The highest BCUT2D eigenvalue weighted by Crippen LogP contribution is 2.30. The highest BCUT2D eigenvalue weighted by Gasteiger charge is 2.33. The molecule has 2 N–H and O–H groups in total. The van der Waals surface area contributed by atoms with Crippen molar-refractivity contribution in [2.24, 2.45) is 5.73 Å². The maximum absolute atomic E-state index is 13.0. The number of carbonyl (C=O) groups is 1. The normalized spacial score (nSPS) is 12.1. The maximum Gasteiger partial charge on any atom is 0.433 e. The number of alkyl halides is 3. The van der Waals surface area contributed by atoms with Gasteiger partial charge in [0.05, 0.1) is 5.56 Å². The summed E-state index contributed by atoms with van der Waals surface area (Å²) in [5.74, 6) is -0.742. The van der Waals surface area contributed by atoms with E-state index < -0.39 is 17.8 Å². The molecule has 0 aromatic carbocycles. The first-order valence-corrected chi connectivity index (χ1v) is 6.81. The highest BCUT2D eigenvalue weighted by molar-refractivity contribution is 6.02. The summed E-state index contributed by atoms with van der Waals surface area (Å²) >= 11 is 0. The van der Waals surface area contributed by atoms with Crippen molar-refractivity contribution in [1.29, 1.82) is 0 Å². The van der Waals surface area contributed by atoms with Crippen LogP contribution < -0.4 is 5.73 Å². The second-order valence-electron chi connectivity index (χ2n) is 5.09. The molecule has 0 bridgehead atoms. The number of pyridine rings is 2. The summed E-state index contributed by atoms with van der Waals surface area (Å²) in [4.78, 5) is 19.5. The number of imidazole rings is 1. The number of primary amides is 1. The van der Waals surface area contributed by atoms with E-state index in [2.05, 4.69) is 20.2 Å². The topological polar surface area (TPSA) is 112 Å². The fraction of sp³-hybridized carbons (Fsp3) is 0.0714. The Balaban J connectivity index is 2.09. The van der Waals surface area contributed by atoms with Crippen LogP contribution in [0.1, 0.15) is 16.1 Å². The average molecular weight is 348 g/mol. The van der Waals surface area contributed by atoms with Crippen LogP contribution in [0.4, 0.5) is 13.2 Å². The van der Waals surface area contributed by atoms with Crippen LogP contribution in [0, 0.1) is 0 Å². The van der Waals surface area contributed by atoms with Gasteiger partial charge >= 0.3 is 6.18 Å². The van der Waals surface area contributed by atoms with Crippen molar-refractivity contribution in [2.45, 2.75) is 6.18 Å². The molecule has 0 aliphatic carbocycles. The minimum absolute atomic E-state index is 0.0276. The molecule has 11 heteroatoms. The first-order chi connectivity index (χ1) is 11.8. The quantitative estimate of drug-likeness (QED) is 0.593. The first-order valence-electron chi connectivity index (χ1n) is 6.81. The van der Waals surface area contributed by atoms with Crippen molar-refractivity contribution < 1.29 is 22.4 Å². The van der Waals surface area contributed by atoms with E-state index in [1.807, 2.05) is 0 Å². The Morgan fingerprint density at radius 3 is 2.64 bits per heavy atom. The Morgan fingerprint density at radius 2 is 2.00 bits per heavy atom. The lowest BCUT2D eigenvalue weighted by molar-refractivity contribution is -0.141. The second kappa shape index (κ2) is 5.00. The number of nitrogens with zero attached hydrogens (tertiary/aromatic N) is 5. The van der Waals surface area contributed by atoms with Crippen molar-refractivity contribution in [3.8, 4) is 11.6 Å². The van der Waals surface area contributed by atoms with Gasteiger partial charge in [-0.1, -0.05) is 0 Å². The lowest BCUT2D eigenvalue weighted by Crippen LogP contribution is -2.14. The summed E-state index contributed by atoms with van der Waals surface area (Å²) in [7, 11) is 0. The predicted octanol–water partition coefficient (Wildman–Crippen LogP) is 2.05. The molecule has 4 heterocycles. The van der Waals surface area contributed by atoms with E-state index in [0.29, 0.717) is 5.39 Å². The molecule has 8 nitrogen and oxygen atoms in total. The van der Waals surface area contributed by atoms with Crippen molar-refractivity contribution in [1.82, 2.24) is 24.6 Å². The number of hydrogen-bond acceptors (Lipinski definition) is 6. The van der Waals surface area contributed by atoms with Gasteiger partial charge in [0, 0.05) is 11.6 Å². The van der Waals surface area contributed by atoms with Gasteiger partial charge in [-0.05, 0) is 18.2 Å². The Labute approximate surface area is 136 Å². The van der Waals surface area contributed by atoms with Crippen LogP contribution in [0.2, 0.25) is 0 Å². The van der Waals surface area contributed by atoms with Crippen molar-refractivity contribution in [3.05, 3.63) is 42.0 Å². The number of hydrogen-bond donors (Lipinski definition) is 1. The van der Waals surface area contributed by atoms with Gasteiger partial charge in [-0.2, -0.15) is 13.2 Å². The largest absolute Gasteiger partial charge is 0.433 e. The molecule has 25 heavy (non-hydrogen) atoms. The van der Waals surface area contributed by atoms with Crippen LogP contribution in [0.5, 0.6) is 0 Å². The van der Waals surface area contributed by atoms with E-state index in [1.54, 1.807) is 0 Å². The van der Waals surface area contributed by atoms with Crippen LogP contribution in [-0.4, -0.2) is 30.5 Å². The van der Waals surface area contributed by atoms with Crippen molar-refractivity contribution in [2.75, 3.05) is 0 Å². The minimum atomic E-state index is -4.61. The molecule has 0 saturated carbocycles. The molecule has 4 aromatic heterocycles. The number of nitrogens with two attached hydrogens (primary N) is 1. The van der Waals surface area contributed by atoms with Gasteiger partial charge in [0.2, 0.25) is 6.39 Å². The third-order valence-electron chi connectivity index (χ3n) is 3.52. The molecular formula is C14H7F3N6O2. The zero-order valence-corrected chi connectivity index (χ0v) is 12.2. The summed E-state index contributed by atoms with van der Waals surface area (Å²) < 4.78 is 45.1. The standard InChI is InChI=1S/C14H7F3N6O2/c15-14(16,17)9-2-1-6-3-7(10(18)24)12-20-8(13-22-19-5-25-13)4-23(12)11(6)21-9/h1-5H,(H2,18,24). The molecule has 0 fully saturated rings. The van der Waals surface area contributed by atoms with Crippen molar-refractivity contribution >= 4 is 22.6 Å². The smallest absolute Gasteiger partial charge is 0.422 e. The molecule has 1 amide bonds. The van der Waals surface area contributed by atoms with Crippen LogP contribution in [0.3, 0.4) is 0 Å². The predicted molar refractivity (Wildman–Crippen MR) is 77.3 cm³/mol. The minimum Gasteiger partial charge on any atom is -0.422 e. The molecule has 0 aliphatic rings. The van der Waals surface area contributed by atoms with E-state index in [0.717, 1.165) is 12.5 Å². The number of carbonyl (C=O) groups excluding carboxylic acids is 1. The van der Waals surface area contributed by atoms with E-state index in [-0.39, 0.29) is 28.4 Å². The Hall–Kier alpha value is -3.50.